The number of hydrogen-bond acceptors (Lipinski definition) is 3. The molecule has 2 aromatic rings. The molecule has 1 fully saturated rings. The Morgan fingerprint density at radius 2 is 1.64 bits per heavy atom. The summed E-state index contributed by atoms with van der Waals surface area (Å²) in [5.74, 6) is -0.591. The lowest BCUT2D eigenvalue weighted by Gasteiger charge is -2.23. The van der Waals surface area contributed by atoms with Gasteiger partial charge < -0.3 is 10.2 Å². The van der Waals surface area contributed by atoms with Crippen LogP contribution < -0.4 is 10.2 Å². The van der Waals surface area contributed by atoms with Crippen LogP contribution in [-0.4, -0.2) is 24.1 Å². The fourth-order valence-electron chi connectivity index (χ4n) is 3.69. The quantitative estimate of drug-likeness (QED) is 0.773. The Kier molecular flexibility index (Phi) is 5.93. The number of nitrogens with zero attached hydrogens (tertiary/aromatic N) is 1. The van der Waals surface area contributed by atoms with Gasteiger partial charge in [-0.3, -0.25) is 14.4 Å². The minimum absolute atomic E-state index is 0.0114. The number of benzene rings is 2. The van der Waals surface area contributed by atoms with Gasteiger partial charge in [0.2, 0.25) is 11.8 Å². The number of aryl methyl sites for hydroxylation is 2. The van der Waals surface area contributed by atoms with Gasteiger partial charge in [-0.05, 0) is 55.2 Å². The van der Waals surface area contributed by atoms with Crippen LogP contribution in [0.3, 0.4) is 0 Å². The van der Waals surface area contributed by atoms with Gasteiger partial charge in [0, 0.05) is 29.9 Å². The topological polar surface area (TPSA) is 66.5 Å². The number of anilines is 2. The number of hydrogen-bond donors (Lipinski definition) is 1. The van der Waals surface area contributed by atoms with Crippen molar-refractivity contribution < 1.29 is 14.4 Å². The smallest absolute Gasteiger partial charge is 0.229 e. The molecule has 1 aliphatic rings. The first-order valence-electron chi connectivity index (χ1n) is 9.77. The van der Waals surface area contributed by atoms with E-state index in [2.05, 4.69) is 19.2 Å². The minimum atomic E-state index is -0.394. The number of Topliss-reactive ketones (excluding diaryl/α,β-unsaturated/α-hetero) is 1. The van der Waals surface area contributed by atoms with Gasteiger partial charge in [0.15, 0.2) is 5.78 Å². The molecule has 0 aliphatic carbocycles. The highest BCUT2D eigenvalue weighted by Gasteiger charge is 2.36. The summed E-state index contributed by atoms with van der Waals surface area (Å²) >= 11 is 0. The number of para-hydroxylation sites is 1. The van der Waals surface area contributed by atoms with E-state index in [-0.39, 0.29) is 24.0 Å². The Bertz CT molecular complexity index is 880. The Morgan fingerprint density at radius 3 is 2.18 bits per heavy atom. The molecule has 0 unspecified atom stereocenters. The fourth-order valence-corrected chi connectivity index (χ4v) is 3.69. The second-order valence-electron chi connectivity index (χ2n) is 7.16. The highest BCUT2D eigenvalue weighted by Crippen LogP contribution is 2.32. The molecule has 1 heterocycles. The zero-order valence-electron chi connectivity index (χ0n) is 16.6. The maximum atomic E-state index is 12.7. The molecule has 0 saturated carbocycles. The van der Waals surface area contributed by atoms with Gasteiger partial charge in [-0.15, -0.1) is 0 Å². The first-order valence-corrected chi connectivity index (χ1v) is 9.77. The lowest BCUT2D eigenvalue weighted by Crippen LogP contribution is -2.29. The molecule has 0 bridgehead atoms. The maximum Gasteiger partial charge on any atom is 0.229 e. The summed E-state index contributed by atoms with van der Waals surface area (Å²) in [6, 6.07) is 12.9. The van der Waals surface area contributed by atoms with E-state index in [1.54, 1.807) is 29.2 Å². The van der Waals surface area contributed by atoms with Crippen molar-refractivity contribution in [1.29, 1.82) is 0 Å². The second kappa shape index (κ2) is 8.38. The summed E-state index contributed by atoms with van der Waals surface area (Å²) in [7, 11) is 0. The molecule has 3 rings (SSSR count). The molecule has 1 N–H and O–H groups in total. The SMILES string of the molecule is CCc1cccc(CC)c1N1C[C@H](C(=O)Nc2ccc(C(C)=O)cc2)CC1=O. The van der Waals surface area contributed by atoms with Gasteiger partial charge in [0.25, 0.3) is 0 Å². The molecule has 5 nitrogen and oxygen atoms in total. The van der Waals surface area contributed by atoms with Gasteiger partial charge in [0.05, 0.1) is 5.92 Å². The van der Waals surface area contributed by atoms with Gasteiger partial charge in [-0.2, -0.15) is 0 Å². The van der Waals surface area contributed by atoms with Gasteiger partial charge in [0.1, 0.15) is 0 Å². The molecular formula is C23H26N2O3. The largest absolute Gasteiger partial charge is 0.326 e. The van der Waals surface area contributed by atoms with Crippen molar-refractivity contribution in [1.82, 2.24) is 0 Å². The summed E-state index contributed by atoms with van der Waals surface area (Å²) in [6.07, 6.45) is 1.89. The van der Waals surface area contributed by atoms with E-state index in [1.807, 2.05) is 18.2 Å². The molecule has 28 heavy (non-hydrogen) atoms. The maximum absolute atomic E-state index is 12.7. The average Bonchev–Trinajstić information content (AvgIpc) is 3.09. The Hall–Kier alpha value is -2.95. The van der Waals surface area contributed by atoms with Gasteiger partial charge in [-0.25, -0.2) is 0 Å². The highest BCUT2D eigenvalue weighted by molar-refractivity contribution is 6.04. The van der Waals surface area contributed by atoms with Crippen molar-refractivity contribution in [2.45, 2.75) is 40.0 Å². The molecule has 1 atom stereocenters. The summed E-state index contributed by atoms with van der Waals surface area (Å²) in [5.41, 5.74) is 4.47. The highest BCUT2D eigenvalue weighted by atomic mass is 16.2. The summed E-state index contributed by atoms with van der Waals surface area (Å²) in [5, 5.41) is 2.87. The third-order valence-corrected chi connectivity index (χ3v) is 5.29. The van der Waals surface area contributed by atoms with Crippen LogP contribution in [0.15, 0.2) is 42.5 Å². The van der Waals surface area contributed by atoms with Crippen molar-refractivity contribution in [2.24, 2.45) is 5.92 Å². The van der Waals surface area contributed by atoms with E-state index >= 15 is 0 Å². The second-order valence-corrected chi connectivity index (χ2v) is 7.16. The number of rotatable bonds is 6. The normalized spacial score (nSPS) is 16.3. The monoisotopic (exact) mass is 378 g/mol. The van der Waals surface area contributed by atoms with Crippen molar-refractivity contribution >= 4 is 29.0 Å². The summed E-state index contributed by atoms with van der Waals surface area (Å²) < 4.78 is 0. The number of carbonyl (C=O) groups is 3. The van der Waals surface area contributed by atoms with E-state index in [9.17, 15) is 14.4 Å². The van der Waals surface area contributed by atoms with Crippen LogP contribution in [0.2, 0.25) is 0 Å². The number of carbonyl (C=O) groups excluding carboxylic acids is 3. The number of nitrogens with one attached hydrogen (secondary N) is 1. The zero-order chi connectivity index (χ0) is 20.3. The molecule has 1 aliphatic heterocycles. The lowest BCUT2D eigenvalue weighted by molar-refractivity contribution is -0.122. The fraction of sp³-hybridized carbons (Fsp3) is 0.348. The van der Waals surface area contributed by atoms with E-state index < -0.39 is 5.92 Å². The Labute approximate surface area is 165 Å². The van der Waals surface area contributed by atoms with Crippen LogP contribution in [0.1, 0.15) is 48.7 Å². The number of ketones is 1. The van der Waals surface area contributed by atoms with Crippen molar-refractivity contribution in [3.8, 4) is 0 Å². The molecule has 146 valence electrons. The predicted molar refractivity (Wildman–Crippen MR) is 111 cm³/mol. The molecule has 2 aromatic carbocycles. The molecule has 0 aromatic heterocycles. The summed E-state index contributed by atoms with van der Waals surface area (Å²) in [4.78, 5) is 38.6. The predicted octanol–water partition coefficient (Wildman–Crippen LogP) is 4.01. The van der Waals surface area contributed by atoms with Crippen molar-refractivity contribution in [3.05, 3.63) is 59.2 Å². The van der Waals surface area contributed by atoms with Crippen LogP contribution in [0.4, 0.5) is 11.4 Å². The van der Waals surface area contributed by atoms with Gasteiger partial charge in [-0.1, -0.05) is 32.0 Å². The summed E-state index contributed by atoms with van der Waals surface area (Å²) in [6.45, 7) is 6.05. The molecule has 2 amide bonds. The lowest BCUT2D eigenvalue weighted by atomic mass is 10.0. The third-order valence-electron chi connectivity index (χ3n) is 5.29. The molecule has 0 spiro atoms. The Morgan fingerprint density at radius 1 is 1.04 bits per heavy atom. The first-order chi connectivity index (χ1) is 13.4. The zero-order valence-corrected chi connectivity index (χ0v) is 16.6. The number of amides is 2. The van der Waals surface area contributed by atoms with Crippen molar-refractivity contribution in [3.63, 3.8) is 0 Å². The van der Waals surface area contributed by atoms with E-state index in [4.69, 9.17) is 0 Å². The minimum Gasteiger partial charge on any atom is -0.326 e. The van der Waals surface area contributed by atoms with Crippen LogP contribution >= 0.6 is 0 Å². The van der Waals surface area contributed by atoms with Crippen LogP contribution in [0.25, 0.3) is 0 Å². The molecule has 1 saturated heterocycles. The van der Waals surface area contributed by atoms with E-state index in [0.717, 1.165) is 29.7 Å². The molecule has 5 heteroatoms. The van der Waals surface area contributed by atoms with Crippen LogP contribution in [0.5, 0.6) is 0 Å². The molecule has 0 radical (unpaired) electrons. The van der Waals surface area contributed by atoms with E-state index in [0.29, 0.717) is 17.8 Å². The van der Waals surface area contributed by atoms with Crippen LogP contribution in [0, 0.1) is 5.92 Å². The standard InChI is InChI=1S/C23H26N2O3/c1-4-16-7-6-8-17(5-2)22(16)25-14-19(13-21(25)27)23(28)24-20-11-9-18(10-12-20)15(3)26/h6-12,19H,4-5,13-14H2,1-3H3,(H,24,28)/t19-/m1/s1. The third kappa shape index (κ3) is 3.98. The van der Waals surface area contributed by atoms with Gasteiger partial charge >= 0.3 is 0 Å². The first kappa shape index (κ1) is 19.8. The van der Waals surface area contributed by atoms with Crippen molar-refractivity contribution in [2.75, 3.05) is 16.8 Å². The van der Waals surface area contributed by atoms with E-state index in [1.165, 1.54) is 6.92 Å². The molecular weight excluding hydrogens is 352 g/mol. The Balaban J connectivity index is 1.76. The van der Waals surface area contributed by atoms with Crippen LogP contribution in [-0.2, 0) is 22.4 Å². The average molecular weight is 378 g/mol.